The van der Waals surface area contributed by atoms with Crippen molar-refractivity contribution in [3.8, 4) is 0 Å². The van der Waals surface area contributed by atoms with E-state index in [9.17, 15) is 18.0 Å². The molecule has 1 aromatic carbocycles. The van der Waals surface area contributed by atoms with Gasteiger partial charge in [-0.1, -0.05) is 0 Å². The van der Waals surface area contributed by atoms with E-state index in [0.29, 0.717) is 12.2 Å². The van der Waals surface area contributed by atoms with Gasteiger partial charge in [0.25, 0.3) is 0 Å². The zero-order valence-corrected chi connectivity index (χ0v) is 8.99. The molecule has 0 amide bonds. The largest absolute Gasteiger partial charge is 0.467 e. The van der Waals surface area contributed by atoms with E-state index >= 15 is 0 Å². The Morgan fingerprint density at radius 3 is 2.41 bits per heavy atom. The molecule has 1 unspecified atom stereocenters. The predicted octanol–water partition coefficient (Wildman–Crippen LogP) is 2.07. The first-order chi connectivity index (χ1) is 7.93. The lowest BCUT2D eigenvalue weighted by molar-refractivity contribution is -0.140. The molecule has 1 aliphatic heterocycles. The summed E-state index contributed by atoms with van der Waals surface area (Å²) in [6, 6.07) is 4.35. The Morgan fingerprint density at radius 2 is 1.94 bits per heavy atom. The van der Waals surface area contributed by atoms with Gasteiger partial charge in [0.05, 0.1) is 19.2 Å². The van der Waals surface area contributed by atoms with Crippen LogP contribution in [0.15, 0.2) is 24.3 Å². The van der Waals surface area contributed by atoms with Gasteiger partial charge >= 0.3 is 12.1 Å². The summed E-state index contributed by atoms with van der Waals surface area (Å²) in [5.74, 6) is -0.370. The second-order valence-electron chi connectivity index (χ2n) is 3.74. The minimum Gasteiger partial charge on any atom is -0.467 e. The predicted molar refractivity (Wildman–Crippen MR) is 54.6 cm³/mol. The molecule has 0 radical (unpaired) electrons. The molecule has 0 saturated carbocycles. The van der Waals surface area contributed by atoms with E-state index in [1.807, 2.05) is 0 Å². The van der Waals surface area contributed by atoms with Crippen LogP contribution < -0.4 is 4.90 Å². The normalized spacial score (nSPS) is 19.1. The Kier molecular flexibility index (Phi) is 2.73. The van der Waals surface area contributed by atoms with Crippen molar-refractivity contribution in [1.82, 2.24) is 0 Å². The van der Waals surface area contributed by atoms with Gasteiger partial charge in [0.1, 0.15) is 6.04 Å². The molecule has 1 aromatic rings. The van der Waals surface area contributed by atoms with Gasteiger partial charge in [-0.2, -0.15) is 13.2 Å². The van der Waals surface area contributed by atoms with Gasteiger partial charge in [-0.25, -0.2) is 4.79 Å². The summed E-state index contributed by atoms with van der Waals surface area (Å²) in [5, 5.41) is 0. The van der Waals surface area contributed by atoms with Crippen LogP contribution >= 0.6 is 0 Å². The number of benzene rings is 1. The van der Waals surface area contributed by atoms with Gasteiger partial charge in [0, 0.05) is 5.69 Å². The van der Waals surface area contributed by atoms with Gasteiger partial charge < -0.3 is 9.64 Å². The van der Waals surface area contributed by atoms with Crippen LogP contribution in [0.25, 0.3) is 0 Å². The van der Waals surface area contributed by atoms with Crippen LogP contribution in [0.4, 0.5) is 18.9 Å². The molecule has 6 heteroatoms. The molecule has 1 fully saturated rings. The summed E-state index contributed by atoms with van der Waals surface area (Å²) in [5.41, 5.74) is -0.105. The highest BCUT2D eigenvalue weighted by Gasteiger charge is 2.41. The number of halogens is 3. The van der Waals surface area contributed by atoms with Crippen LogP contribution in [0.1, 0.15) is 5.56 Å². The molecule has 0 spiro atoms. The number of esters is 1. The highest BCUT2D eigenvalue weighted by molar-refractivity contribution is 5.86. The lowest BCUT2D eigenvalue weighted by Crippen LogP contribution is -2.14. The average molecular weight is 245 g/mol. The fraction of sp³-hybridized carbons (Fsp3) is 0.364. The first-order valence-corrected chi connectivity index (χ1v) is 4.95. The number of carbonyl (C=O) groups is 1. The summed E-state index contributed by atoms with van der Waals surface area (Å²) in [6.45, 7) is 0.484. The molecule has 0 N–H and O–H groups in total. The number of nitrogens with zero attached hydrogens (tertiary/aromatic N) is 1. The monoisotopic (exact) mass is 245 g/mol. The van der Waals surface area contributed by atoms with Crippen LogP contribution in [-0.4, -0.2) is 25.7 Å². The van der Waals surface area contributed by atoms with Crippen molar-refractivity contribution in [2.75, 3.05) is 18.6 Å². The molecule has 0 aliphatic carbocycles. The zero-order valence-electron chi connectivity index (χ0n) is 8.99. The summed E-state index contributed by atoms with van der Waals surface area (Å²) in [4.78, 5) is 12.8. The summed E-state index contributed by atoms with van der Waals surface area (Å²) < 4.78 is 41.5. The number of rotatable bonds is 2. The Labute approximate surface area is 95.8 Å². The molecule has 1 heterocycles. The number of methoxy groups -OCH3 is 1. The number of ether oxygens (including phenoxy) is 1. The third kappa shape index (κ3) is 2.35. The Bertz CT molecular complexity index is 427. The van der Waals surface area contributed by atoms with Crippen LogP contribution in [0.2, 0.25) is 0 Å². The van der Waals surface area contributed by atoms with E-state index in [2.05, 4.69) is 4.74 Å². The van der Waals surface area contributed by atoms with E-state index in [4.69, 9.17) is 0 Å². The minimum absolute atomic E-state index is 0.364. The highest BCUT2D eigenvalue weighted by atomic mass is 19.4. The number of alkyl halides is 3. The number of hydrogen-bond acceptors (Lipinski definition) is 3. The van der Waals surface area contributed by atoms with Crippen LogP contribution in [-0.2, 0) is 15.7 Å². The van der Waals surface area contributed by atoms with E-state index in [-0.39, 0.29) is 12.0 Å². The SMILES string of the molecule is COC(=O)C1CN1c1ccc(C(F)(F)F)cc1. The average Bonchev–Trinajstić information content (AvgIpc) is 3.07. The first kappa shape index (κ1) is 11.8. The number of anilines is 1. The van der Waals surface area contributed by atoms with Gasteiger partial charge in [-0.15, -0.1) is 0 Å². The van der Waals surface area contributed by atoms with Gasteiger partial charge in [0.15, 0.2) is 0 Å². The minimum atomic E-state index is -4.33. The van der Waals surface area contributed by atoms with Crippen molar-refractivity contribution in [3.63, 3.8) is 0 Å². The molecule has 0 bridgehead atoms. The van der Waals surface area contributed by atoms with Gasteiger partial charge in [-0.3, -0.25) is 0 Å². The molecule has 1 saturated heterocycles. The topological polar surface area (TPSA) is 29.3 Å². The van der Waals surface area contributed by atoms with E-state index in [1.165, 1.54) is 19.2 Å². The standard InChI is InChI=1S/C11H10F3NO2/c1-17-10(16)9-6-15(9)8-4-2-7(3-5-8)11(12,13)14/h2-5,9H,6H2,1H3. The van der Waals surface area contributed by atoms with Crippen molar-refractivity contribution >= 4 is 11.7 Å². The molecular formula is C11H10F3NO2. The summed E-state index contributed by atoms with van der Waals surface area (Å²) in [6.07, 6.45) is -4.33. The molecule has 3 nitrogen and oxygen atoms in total. The van der Waals surface area contributed by atoms with Gasteiger partial charge in [0.2, 0.25) is 0 Å². The molecular weight excluding hydrogens is 235 g/mol. The van der Waals surface area contributed by atoms with Crippen LogP contribution in [0.3, 0.4) is 0 Å². The van der Waals surface area contributed by atoms with E-state index < -0.39 is 11.7 Å². The highest BCUT2D eigenvalue weighted by Crippen LogP contribution is 2.33. The lowest BCUT2D eigenvalue weighted by atomic mass is 10.2. The smallest absolute Gasteiger partial charge is 0.416 e. The Morgan fingerprint density at radius 1 is 1.35 bits per heavy atom. The maximum absolute atomic E-state index is 12.3. The van der Waals surface area contributed by atoms with Crippen molar-refractivity contribution < 1.29 is 22.7 Å². The Balaban J connectivity index is 2.08. The maximum atomic E-state index is 12.3. The van der Waals surface area contributed by atoms with Crippen LogP contribution in [0.5, 0.6) is 0 Å². The first-order valence-electron chi connectivity index (χ1n) is 4.95. The third-order valence-electron chi connectivity index (χ3n) is 2.61. The molecule has 1 atom stereocenters. The van der Waals surface area contributed by atoms with Crippen molar-refractivity contribution in [1.29, 1.82) is 0 Å². The molecule has 0 aromatic heterocycles. The Hall–Kier alpha value is -1.72. The third-order valence-corrected chi connectivity index (χ3v) is 2.61. The maximum Gasteiger partial charge on any atom is 0.416 e. The summed E-state index contributed by atoms with van der Waals surface area (Å²) in [7, 11) is 1.28. The molecule has 92 valence electrons. The fourth-order valence-electron chi connectivity index (χ4n) is 1.60. The number of carbonyl (C=O) groups excluding carboxylic acids is 1. The van der Waals surface area contributed by atoms with Crippen molar-refractivity contribution in [2.24, 2.45) is 0 Å². The molecule has 1 aliphatic rings. The zero-order chi connectivity index (χ0) is 12.6. The summed E-state index contributed by atoms with van der Waals surface area (Å²) >= 11 is 0. The second-order valence-corrected chi connectivity index (χ2v) is 3.74. The van der Waals surface area contributed by atoms with Gasteiger partial charge in [-0.05, 0) is 24.3 Å². The van der Waals surface area contributed by atoms with Crippen molar-refractivity contribution in [2.45, 2.75) is 12.2 Å². The number of hydrogen-bond donors (Lipinski definition) is 0. The lowest BCUT2D eigenvalue weighted by Gasteiger charge is -2.08. The quantitative estimate of drug-likeness (QED) is 0.590. The van der Waals surface area contributed by atoms with Crippen LogP contribution in [0, 0.1) is 0 Å². The molecule has 17 heavy (non-hydrogen) atoms. The van der Waals surface area contributed by atoms with E-state index in [1.54, 1.807) is 4.90 Å². The van der Waals surface area contributed by atoms with Crippen molar-refractivity contribution in [3.05, 3.63) is 29.8 Å². The molecule has 2 rings (SSSR count). The second kappa shape index (κ2) is 3.94. The van der Waals surface area contributed by atoms with E-state index in [0.717, 1.165) is 12.1 Å². The fourth-order valence-corrected chi connectivity index (χ4v) is 1.60.